The zero-order valence-electron chi connectivity index (χ0n) is 18.0. The molecule has 0 aliphatic carbocycles. The van der Waals surface area contributed by atoms with Crippen LogP contribution >= 0.6 is 0 Å². The maximum atomic E-state index is 6.62. The molecule has 0 saturated heterocycles. The van der Waals surface area contributed by atoms with Gasteiger partial charge in [-0.15, -0.1) is 0 Å². The highest BCUT2D eigenvalue weighted by Gasteiger charge is 2.39. The lowest BCUT2D eigenvalue weighted by atomic mass is 10.0. The Hall–Kier alpha value is -2.21. The van der Waals surface area contributed by atoms with E-state index in [4.69, 9.17) is 14.9 Å². The molecule has 0 spiro atoms. The first-order valence-corrected chi connectivity index (χ1v) is 12.9. The van der Waals surface area contributed by atoms with E-state index in [1.807, 2.05) is 12.1 Å². The fourth-order valence-corrected chi connectivity index (χ4v) is 4.25. The molecule has 6 heteroatoms. The summed E-state index contributed by atoms with van der Waals surface area (Å²) in [7, 11) is -0.240. The highest BCUT2D eigenvalue weighted by Crippen LogP contribution is 2.41. The third kappa shape index (κ3) is 4.27. The van der Waals surface area contributed by atoms with E-state index < -0.39 is 8.32 Å². The Morgan fingerprint density at radius 2 is 1.82 bits per heavy atom. The van der Waals surface area contributed by atoms with Crippen LogP contribution in [0.3, 0.4) is 0 Å². The molecule has 0 amide bonds. The van der Waals surface area contributed by atoms with Crippen molar-refractivity contribution in [2.45, 2.75) is 58.3 Å². The highest BCUT2D eigenvalue weighted by molar-refractivity contribution is 6.74. The molecule has 2 aromatic rings. The van der Waals surface area contributed by atoms with Gasteiger partial charge in [0.05, 0.1) is 7.11 Å². The van der Waals surface area contributed by atoms with Crippen molar-refractivity contribution < 1.29 is 9.16 Å². The number of pyridine rings is 1. The molecule has 2 N–H and O–H groups in total. The van der Waals surface area contributed by atoms with Crippen LogP contribution in [0.1, 0.15) is 38.3 Å². The average Bonchev–Trinajstić information content (AvgIpc) is 2.81. The second kappa shape index (κ2) is 7.66. The minimum atomic E-state index is -1.96. The number of aryl methyl sites for hydroxylation is 1. The lowest BCUT2D eigenvalue weighted by molar-refractivity contribution is 0.385. The summed E-state index contributed by atoms with van der Waals surface area (Å²) < 4.78 is 12.3. The average molecular weight is 400 g/mol. The first-order valence-electron chi connectivity index (χ1n) is 9.96. The van der Waals surface area contributed by atoms with Crippen molar-refractivity contribution in [2.75, 3.05) is 24.3 Å². The minimum Gasteiger partial charge on any atom is -0.541 e. The van der Waals surface area contributed by atoms with E-state index in [-0.39, 0.29) is 5.04 Å². The number of anilines is 2. The van der Waals surface area contributed by atoms with Gasteiger partial charge in [-0.2, -0.15) is 0 Å². The Morgan fingerprint density at radius 3 is 2.46 bits per heavy atom. The van der Waals surface area contributed by atoms with Crippen molar-refractivity contribution in [3.63, 3.8) is 0 Å². The summed E-state index contributed by atoms with van der Waals surface area (Å²) in [6.45, 7) is 13.0. The van der Waals surface area contributed by atoms with E-state index in [0.29, 0.717) is 0 Å². The lowest BCUT2D eigenvalue weighted by Crippen LogP contribution is -2.44. The molecule has 1 aromatic carbocycles. The maximum absolute atomic E-state index is 6.62. The van der Waals surface area contributed by atoms with Crippen molar-refractivity contribution >= 4 is 19.8 Å². The van der Waals surface area contributed by atoms with Gasteiger partial charge in [0.15, 0.2) is 5.75 Å². The van der Waals surface area contributed by atoms with Crippen LogP contribution < -0.4 is 19.8 Å². The SMILES string of the molecule is COc1cc2c(cc1O[Si](C)(C)C(C)(C)C)CN(c1cc(N)ccn1)CCC2. The van der Waals surface area contributed by atoms with Gasteiger partial charge in [0.2, 0.25) is 0 Å². The molecule has 0 radical (unpaired) electrons. The Bertz CT molecular complexity index is 846. The molecular formula is C22H33N3O2Si. The third-order valence-corrected chi connectivity index (χ3v) is 10.3. The zero-order valence-corrected chi connectivity index (χ0v) is 19.0. The second-order valence-corrected chi connectivity index (χ2v) is 13.8. The fraction of sp³-hybridized carbons (Fsp3) is 0.500. The molecule has 0 saturated carbocycles. The Balaban J connectivity index is 1.96. The second-order valence-electron chi connectivity index (χ2n) is 9.11. The molecule has 0 unspecified atom stereocenters. The molecule has 0 atom stereocenters. The van der Waals surface area contributed by atoms with Crippen LogP contribution in [0.4, 0.5) is 11.5 Å². The van der Waals surface area contributed by atoms with Crippen molar-refractivity contribution in [1.82, 2.24) is 4.98 Å². The van der Waals surface area contributed by atoms with Crippen LogP contribution in [0.5, 0.6) is 11.5 Å². The van der Waals surface area contributed by atoms with Gasteiger partial charge in [0.25, 0.3) is 8.32 Å². The molecule has 3 rings (SSSR count). The molecule has 1 aliphatic heterocycles. The van der Waals surface area contributed by atoms with Gasteiger partial charge in [-0.05, 0) is 60.3 Å². The van der Waals surface area contributed by atoms with E-state index in [9.17, 15) is 0 Å². The number of methoxy groups -OCH3 is 1. The van der Waals surface area contributed by atoms with Crippen molar-refractivity contribution in [2.24, 2.45) is 0 Å². The standard InChI is InChI=1S/C22H33N3O2Si/c1-22(2,3)28(5,6)27-20-13-17-15-25(21-14-18(23)9-10-24-21)11-7-8-16(17)12-19(20)26-4/h9-10,12-14H,7-8,11,15H2,1-6H3,(H2,23,24). The number of fused-ring (bicyclic) bond motifs is 1. The lowest BCUT2D eigenvalue weighted by Gasteiger charge is -2.37. The van der Waals surface area contributed by atoms with E-state index in [1.54, 1.807) is 13.3 Å². The predicted molar refractivity (Wildman–Crippen MR) is 119 cm³/mol. The van der Waals surface area contributed by atoms with Crippen LogP contribution in [0.15, 0.2) is 30.5 Å². The summed E-state index contributed by atoms with van der Waals surface area (Å²) in [6.07, 6.45) is 3.86. The number of rotatable bonds is 4. The first-order chi connectivity index (χ1) is 13.1. The maximum Gasteiger partial charge on any atom is 0.250 e. The van der Waals surface area contributed by atoms with Crippen LogP contribution in [-0.4, -0.2) is 27.0 Å². The van der Waals surface area contributed by atoms with E-state index in [0.717, 1.165) is 48.9 Å². The first kappa shape index (κ1) is 20.5. The summed E-state index contributed by atoms with van der Waals surface area (Å²) in [5, 5.41) is 0.127. The summed E-state index contributed by atoms with van der Waals surface area (Å²) in [6, 6.07) is 8.11. The van der Waals surface area contributed by atoms with Crippen molar-refractivity contribution in [1.29, 1.82) is 0 Å². The molecule has 1 aromatic heterocycles. The number of nitrogen functional groups attached to an aromatic ring is 1. The van der Waals surface area contributed by atoms with Crippen molar-refractivity contribution in [3.05, 3.63) is 41.6 Å². The topological polar surface area (TPSA) is 60.6 Å². The molecule has 0 fully saturated rings. The number of nitrogens with zero attached hydrogens (tertiary/aromatic N) is 2. The molecule has 1 aliphatic rings. The third-order valence-electron chi connectivity index (χ3n) is 5.99. The van der Waals surface area contributed by atoms with Gasteiger partial charge in [0.1, 0.15) is 11.6 Å². The smallest absolute Gasteiger partial charge is 0.250 e. The summed E-state index contributed by atoms with van der Waals surface area (Å²) in [5.41, 5.74) is 9.31. The summed E-state index contributed by atoms with van der Waals surface area (Å²) in [5.74, 6) is 2.62. The van der Waals surface area contributed by atoms with Gasteiger partial charge in [-0.3, -0.25) is 0 Å². The fourth-order valence-electron chi connectivity index (χ4n) is 3.24. The van der Waals surface area contributed by atoms with Crippen LogP contribution in [0.25, 0.3) is 0 Å². The summed E-state index contributed by atoms with van der Waals surface area (Å²) in [4.78, 5) is 6.82. The van der Waals surface area contributed by atoms with E-state index in [1.165, 1.54) is 11.1 Å². The van der Waals surface area contributed by atoms with Gasteiger partial charge in [0, 0.05) is 31.0 Å². The molecule has 2 heterocycles. The number of nitrogens with two attached hydrogens (primary N) is 1. The number of aromatic nitrogens is 1. The monoisotopic (exact) mass is 399 g/mol. The Labute approximate surface area is 170 Å². The molecule has 5 nitrogen and oxygen atoms in total. The molecule has 152 valence electrons. The van der Waals surface area contributed by atoms with E-state index in [2.05, 4.69) is 55.9 Å². The molecular weight excluding hydrogens is 366 g/mol. The van der Waals surface area contributed by atoms with Crippen LogP contribution in [0.2, 0.25) is 18.1 Å². The Kier molecular flexibility index (Phi) is 5.61. The van der Waals surface area contributed by atoms with E-state index >= 15 is 0 Å². The largest absolute Gasteiger partial charge is 0.541 e. The number of ether oxygens (including phenoxy) is 1. The van der Waals surface area contributed by atoms with Gasteiger partial charge in [-0.25, -0.2) is 4.98 Å². The number of benzene rings is 1. The van der Waals surface area contributed by atoms with Crippen LogP contribution in [-0.2, 0) is 13.0 Å². The predicted octanol–water partition coefficient (Wildman–Crippen LogP) is 5.01. The van der Waals surface area contributed by atoms with Crippen LogP contribution in [0, 0.1) is 0 Å². The number of hydrogen-bond acceptors (Lipinski definition) is 5. The van der Waals surface area contributed by atoms with Gasteiger partial charge >= 0.3 is 0 Å². The van der Waals surface area contributed by atoms with Gasteiger partial charge in [-0.1, -0.05) is 20.8 Å². The normalized spacial score (nSPS) is 15.0. The number of hydrogen-bond donors (Lipinski definition) is 1. The minimum absolute atomic E-state index is 0.127. The van der Waals surface area contributed by atoms with Crippen molar-refractivity contribution in [3.8, 4) is 11.5 Å². The zero-order chi connectivity index (χ0) is 20.5. The summed E-state index contributed by atoms with van der Waals surface area (Å²) >= 11 is 0. The highest BCUT2D eigenvalue weighted by atomic mass is 28.4. The van der Waals surface area contributed by atoms with Gasteiger partial charge < -0.3 is 19.8 Å². The molecule has 28 heavy (non-hydrogen) atoms. The quantitative estimate of drug-likeness (QED) is 0.732. The molecule has 0 bridgehead atoms. The Morgan fingerprint density at radius 1 is 1.11 bits per heavy atom.